The minimum Gasteiger partial charge on any atom is -0.369 e. The molecule has 2 heterocycles. The van der Waals surface area contributed by atoms with Gasteiger partial charge in [0, 0.05) is 13.1 Å². The van der Waals surface area contributed by atoms with E-state index in [1.807, 2.05) is 12.4 Å². The van der Waals surface area contributed by atoms with Crippen LogP contribution in [0, 0.1) is 5.41 Å². The zero-order valence-corrected chi connectivity index (χ0v) is 13.2. The van der Waals surface area contributed by atoms with Crippen LogP contribution in [-0.4, -0.2) is 34.5 Å². The van der Waals surface area contributed by atoms with Crippen LogP contribution in [0.2, 0.25) is 0 Å². The molecule has 0 radical (unpaired) electrons. The minimum atomic E-state index is 0.494. The Bertz CT molecular complexity index is 399. The second-order valence-electron chi connectivity index (χ2n) is 6.61. The lowest BCUT2D eigenvalue weighted by Gasteiger charge is -2.23. The first-order chi connectivity index (χ1) is 9.59. The van der Waals surface area contributed by atoms with E-state index in [2.05, 4.69) is 41.0 Å². The summed E-state index contributed by atoms with van der Waals surface area (Å²) in [5, 5.41) is 3.26. The van der Waals surface area contributed by atoms with Gasteiger partial charge >= 0.3 is 0 Å². The van der Waals surface area contributed by atoms with Crippen molar-refractivity contribution in [1.29, 1.82) is 0 Å². The van der Waals surface area contributed by atoms with Gasteiger partial charge in [-0.2, -0.15) is 0 Å². The Morgan fingerprint density at radius 2 is 2.05 bits per heavy atom. The number of hydrogen-bond donors (Lipinski definition) is 1. The van der Waals surface area contributed by atoms with Gasteiger partial charge in [-0.1, -0.05) is 20.8 Å². The molecule has 0 saturated carbocycles. The number of rotatable bonds is 5. The predicted octanol–water partition coefficient (Wildman–Crippen LogP) is 3.31. The van der Waals surface area contributed by atoms with Gasteiger partial charge in [-0.3, -0.25) is 9.88 Å². The topological polar surface area (TPSA) is 41.1 Å². The van der Waals surface area contributed by atoms with E-state index in [1.165, 1.54) is 32.4 Å². The molecule has 1 saturated heterocycles. The van der Waals surface area contributed by atoms with Crippen LogP contribution < -0.4 is 5.32 Å². The van der Waals surface area contributed by atoms with Crippen molar-refractivity contribution in [2.75, 3.05) is 25.0 Å². The first-order valence-electron chi connectivity index (χ1n) is 7.86. The Kier molecular flexibility index (Phi) is 5.35. The van der Waals surface area contributed by atoms with Crippen molar-refractivity contribution in [2.45, 2.75) is 53.0 Å². The number of likely N-dealkylation sites (tertiary alicyclic amines) is 1. The van der Waals surface area contributed by atoms with E-state index in [4.69, 9.17) is 0 Å². The lowest BCUT2D eigenvalue weighted by molar-refractivity contribution is 0.253. The summed E-state index contributed by atoms with van der Waals surface area (Å²) in [7, 11) is 0. The Morgan fingerprint density at radius 1 is 1.20 bits per heavy atom. The number of hydrogen-bond acceptors (Lipinski definition) is 4. The molecule has 4 nitrogen and oxygen atoms in total. The number of nitrogens with zero attached hydrogens (tertiary/aromatic N) is 3. The molecule has 0 aromatic carbocycles. The molecule has 1 fully saturated rings. The summed E-state index contributed by atoms with van der Waals surface area (Å²) in [6.07, 6.45) is 8.76. The molecule has 1 aromatic rings. The van der Waals surface area contributed by atoms with Gasteiger partial charge in [0.1, 0.15) is 5.82 Å². The Labute approximate surface area is 123 Å². The van der Waals surface area contributed by atoms with Gasteiger partial charge in [0.05, 0.1) is 18.1 Å². The molecule has 4 heteroatoms. The fourth-order valence-corrected chi connectivity index (χ4v) is 2.65. The average molecular weight is 276 g/mol. The third-order valence-corrected chi connectivity index (χ3v) is 4.08. The molecule has 20 heavy (non-hydrogen) atoms. The van der Waals surface area contributed by atoms with Crippen LogP contribution in [0.25, 0.3) is 0 Å². The third-order valence-electron chi connectivity index (χ3n) is 4.08. The molecule has 0 spiro atoms. The summed E-state index contributed by atoms with van der Waals surface area (Å²) in [5.74, 6) is 0.882. The standard InChI is InChI=1S/C16H28N4/c1-4-8-17-15-12-18-14(11-19-15)13-20-9-5-6-16(2,3)7-10-20/h11-12H,4-10,13H2,1-3H3,(H,17,19). The second kappa shape index (κ2) is 7.02. The molecule has 1 aromatic heterocycles. The summed E-state index contributed by atoms with van der Waals surface area (Å²) in [5.41, 5.74) is 1.57. The summed E-state index contributed by atoms with van der Waals surface area (Å²) in [6.45, 7) is 11.1. The summed E-state index contributed by atoms with van der Waals surface area (Å²) in [4.78, 5) is 11.5. The predicted molar refractivity (Wildman–Crippen MR) is 83.7 cm³/mol. The van der Waals surface area contributed by atoms with E-state index in [9.17, 15) is 0 Å². The lowest BCUT2D eigenvalue weighted by atomic mass is 9.85. The van der Waals surface area contributed by atoms with Gasteiger partial charge in [0.2, 0.25) is 0 Å². The monoisotopic (exact) mass is 276 g/mol. The van der Waals surface area contributed by atoms with E-state index in [1.54, 1.807) is 0 Å². The van der Waals surface area contributed by atoms with Crippen LogP contribution in [0.3, 0.4) is 0 Å². The van der Waals surface area contributed by atoms with Gasteiger partial charge in [0.25, 0.3) is 0 Å². The van der Waals surface area contributed by atoms with Crippen molar-refractivity contribution < 1.29 is 0 Å². The SMILES string of the molecule is CCCNc1cnc(CN2CCCC(C)(C)CC2)cn1. The van der Waals surface area contributed by atoms with Gasteiger partial charge in [-0.05, 0) is 44.2 Å². The Hall–Kier alpha value is -1.16. The molecule has 0 unspecified atom stereocenters. The minimum absolute atomic E-state index is 0.494. The fourth-order valence-electron chi connectivity index (χ4n) is 2.65. The van der Waals surface area contributed by atoms with Crippen molar-refractivity contribution in [3.05, 3.63) is 18.1 Å². The summed E-state index contributed by atoms with van der Waals surface area (Å²) in [6, 6.07) is 0. The average Bonchev–Trinajstić information content (AvgIpc) is 2.59. The number of anilines is 1. The van der Waals surface area contributed by atoms with E-state index in [0.717, 1.165) is 31.0 Å². The van der Waals surface area contributed by atoms with Crippen molar-refractivity contribution >= 4 is 5.82 Å². The van der Waals surface area contributed by atoms with E-state index >= 15 is 0 Å². The fraction of sp³-hybridized carbons (Fsp3) is 0.750. The molecular formula is C16H28N4. The van der Waals surface area contributed by atoms with Crippen LogP contribution in [0.5, 0.6) is 0 Å². The van der Waals surface area contributed by atoms with Crippen molar-refractivity contribution in [2.24, 2.45) is 5.41 Å². The van der Waals surface area contributed by atoms with Gasteiger partial charge in [-0.25, -0.2) is 4.98 Å². The normalized spacial score (nSPS) is 19.6. The molecule has 1 aliphatic heterocycles. The smallest absolute Gasteiger partial charge is 0.144 e. The Balaban J connectivity index is 1.86. The van der Waals surface area contributed by atoms with Gasteiger partial charge in [-0.15, -0.1) is 0 Å². The highest BCUT2D eigenvalue weighted by Crippen LogP contribution is 2.30. The zero-order chi connectivity index (χ0) is 14.4. The van der Waals surface area contributed by atoms with Gasteiger partial charge in [0.15, 0.2) is 0 Å². The summed E-state index contributed by atoms with van der Waals surface area (Å²) < 4.78 is 0. The summed E-state index contributed by atoms with van der Waals surface area (Å²) >= 11 is 0. The van der Waals surface area contributed by atoms with Gasteiger partial charge < -0.3 is 5.32 Å². The third kappa shape index (κ3) is 4.75. The number of nitrogens with one attached hydrogen (secondary N) is 1. The first kappa shape index (κ1) is 15.2. The molecule has 112 valence electrons. The first-order valence-corrected chi connectivity index (χ1v) is 7.86. The van der Waals surface area contributed by atoms with Crippen LogP contribution in [0.4, 0.5) is 5.82 Å². The zero-order valence-electron chi connectivity index (χ0n) is 13.2. The highest BCUT2D eigenvalue weighted by atomic mass is 15.1. The van der Waals surface area contributed by atoms with Crippen molar-refractivity contribution in [1.82, 2.24) is 14.9 Å². The van der Waals surface area contributed by atoms with Crippen LogP contribution in [0.1, 0.15) is 52.1 Å². The Morgan fingerprint density at radius 3 is 2.75 bits per heavy atom. The molecule has 0 atom stereocenters. The molecular weight excluding hydrogens is 248 g/mol. The van der Waals surface area contributed by atoms with E-state index < -0.39 is 0 Å². The highest BCUT2D eigenvalue weighted by molar-refractivity contribution is 5.30. The van der Waals surface area contributed by atoms with Crippen LogP contribution in [0.15, 0.2) is 12.4 Å². The lowest BCUT2D eigenvalue weighted by Crippen LogP contribution is -2.25. The van der Waals surface area contributed by atoms with E-state index in [0.29, 0.717) is 5.41 Å². The maximum absolute atomic E-state index is 4.53. The quantitative estimate of drug-likeness (QED) is 0.896. The molecule has 0 bridgehead atoms. The molecule has 1 N–H and O–H groups in total. The van der Waals surface area contributed by atoms with E-state index in [-0.39, 0.29) is 0 Å². The van der Waals surface area contributed by atoms with Crippen LogP contribution >= 0.6 is 0 Å². The van der Waals surface area contributed by atoms with Crippen molar-refractivity contribution in [3.63, 3.8) is 0 Å². The largest absolute Gasteiger partial charge is 0.369 e. The molecule has 1 aliphatic rings. The van der Waals surface area contributed by atoms with Crippen molar-refractivity contribution in [3.8, 4) is 0 Å². The van der Waals surface area contributed by atoms with Crippen LogP contribution in [-0.2, 0) is 6.54 Å². The molecule has 0 amide bonds. The maximum atomic E-state index is 4.53. The second-order valence-corrected chi connectivity index (χ2v) is 6.61. The maximum Gasteiger partial charge on any atom is 0.144 e. The molecule has 0 aliphatic carbocycles. The molecule has 2 rings (SSSR count). The highest BCUT2D eigenvalue weighted by Gasteiger charge is 2.23. The number of aromatic nitrogens is 2.